The number of nitrogens with two attached hydrogens (primary N) is 1. The quantitative estimate of drug-likeness (QED) is 0.141. The van der Waals surface area contributed by atoms with Gasteiger partial charge in [-0.25, -0.2) is 22.8 Å². The highest BCUT2D eigenvalue weighted by atomic mass is 19.1. The van der Waals surface area contributed by atoms with E-state index in [1.54, 1.807) is 130 Å². The highest BCUT2D eigenvalue weighted by molar-refractivity contribution is 6.44. The van der Waals surface area contributed by atoms with E-state index < -0.39 is 17.8 Å². The van der Waals surface area contributed by atoms with Crippen LogP contribution in [0.1, 0.15) is 54.5 Å². The Morgan fingerprint density at radius 2 is 1.00 bits per heavy atom. The SMILES string of the molecule is COC(=O)C1=NCc2ccncc21.COC(=O)c1nn(Cc2ccccc2F)c2ccncc12.N#Cc1nn(Cc2ccccc2F)c2ccncc12.NC(=O)c1nn(Cc2ccccc2F)c2ccncc12. The van der Waals surface area contributed by atoms with Crippen LogP contribution in [0.5, 0.6) is 0 Å². The number of aromatic nitrogens is 10. The number of esters is 2. The maximum atomic E-state index is 13.8. The Labute approximate surface area is 412 Å². The predicted molar refractivity (Wildman–Crippen MR) is 260 cm³/mol. The molecule has 1 amide bonds. The van der Waals surface area contributed by atoms with Crippen LogP contribution in [0.3, 0.4) is 0 Å². The number of benzene rings is 3. The van der Waals surface area contributed by atoms with Gasteiger partial charge >= 0.3 is 11.9 Å². The van der Waals surface area contributed by atoms with E-state index in [0.717, 1.165) is 16.6 Å². The second kappa shape index (κ2) is 22.6. The summed E-state index contributed by atoms with van der Waals surface area (Å²) in [5.41, 5.74) is 11.8. The molecule has 3 aromatic carbocycles. The van der Waals surface area contributed by atoms with Gasteiger partial charge in [0.25, 0.3) is 5.91 Å². The minimum Gasteiger partial charge on any atom is -0.464 e. The fraction of sp³-hybridized carbons (Fsp3) is 0.115. The van der Waals surface area contributed by atoms with Gasteiger partial charge in [0, 0.05) is 71.8 Å². The molecule has 364 valence electrons. The molecule has 11 rings (SSSR count). The lowest BCUT2D eigenvalue weighted by Gasteiger charge is -2.04. The van der Waals surface area contributed by atoms with E-state index in [9.17, 15) is 27.6 Å². The molecule has 21 heteroatoms. The number of aliphatic imine (C=N–C) groups is 1. The summed E-state index contributed by atoms with van der Waals surface area (Å²) in [6, 6.07) is 28.5. The number of pyridine rings is 4. The molecule has 7 aromatic heterocycles. The summed E-state index contributed by atoms with van der Waals surface area (Å²) in [6.45, 7) is 1.28. The van der Waals surface area contributed by atoms with Crippen LogP contribution >= 0.6 is 0 Å². The minimum atomic E-state index is -0.629. The number of hydrogen-bond donors (Lipinski definition) is 1. The van der Waals surface area contributed by atoms with Gasteiger partial charge in [-0.1, -0.05) is 54.6 Å². The number of methoxy groups -OCH3 is 2. The van der Waals surface area contributed by atoms with Gasteiger partial charge in [0.1, 0.15) is 23.5 Å². The lowest BCUT2D eigenvalue weighted by Crippen LogP contribution is -2.15. The molecule has 1 aliphatic heterocycles. The number of carbonyl (C=O) groups excluding carboxylic acids is 3. The van der Waals surface area contributed by atoms with Crippen molar-refractivity contribution in [1.29, 1.82) is 5.26 Å². The zero-order valence-electron chi connectivity index (χ0n) is 38.8. The first-order chi connectivity index (χ1) is 35.5. The molecule has 0 aliphatic carbocycles. The van der Waals surface area contributed by atoms with E-state index in [1.165, 1.54) is 38.6 Å². The second-order valence-corrected chi connectivity index (χ2v) is 15.6. The largest absolute Gasteiger partial charge is 0.464 e. The summed E-state index contributed by atoms with van der Waals surface area (Å²) in [6.07, 6.45) is 12.8. The molecule has 2 N–H and O–H groups in total. The molecule has 0 bridgehead atoms. The van der Waals surface area contributed by atoms with Crippen LogP contribution in [0.25, 0.3) is 32.7 Å². The number of fused-ring (bicyclic) bond motifs is 4. The van der Waals surface area contributed by atoms with Crippen LogP contribution in [0, 0.1) is 28.8 Å². The molecule has 0 fully saturated rings. The van der Waals surface area contributed by atoms with Crippen molar-refractivity contribution in [3.63, 3.8) is 0 Å². The molecule has 18 nitrogen and oxygen atoms in total. The molecule has 8 heterocycles. The number of halogens is 3. The Morgan fingerprint density at radius 3 is 1.48 bits per heavy atom. The molecule has 10 aromatic rings. The number of amides is 1. The van der Waals surface area contributed by atoms with Crippen molar-refractivity contribution >= 4 is 56.3 Å². The predicted octanol–water partition coefficient (Wildman–Crippen LogP) is 7.17. The van der Waals surface area contributed by atoms with Crippen molar-refractivity contribution in [3.05, 3.63) is 209 Å². The molecule has 73 heavy (non-hydrogen) atoms. The lowest BCUT2D eigenvalue weighted by molar-refractivity contribution is -0.132. The number of nitriles is 1. The molecule has 0 atom stereocenters. The fourth-order valence-corrected chi connectivity index (χ4v) is 7.60. The number of rotatable bonds is 9. The maximum absolute atomic E-state index is 13.8. The van der Waals surface area contributed by atoms with E-state index in [1.807, 2.05) is 12.1 Å². The van der Waals surface area contributed by atoms with Gasteiger partial charge in [0.15, 0.2) is 22.8 Å². The first kappa shape index (κ1) is 49.5. The first-order valence-corrected chi connectivity index (χ1v) is 22.0. The van der Waals surface area contributed by atoms with Crippen LogP contribution in [0.4, 0.5) is 13.2 Å². The number of ether oxygens (including phenoxy) is 2. The molecule has 0 saturated heterocycles. The van der Waals surface area contributed by atoms with Crippen molar-refractivity contribution < 1.29 is 37.0 Å². The maximum Gasteiger partial charge on any atom is 0.359 e. The van der Waals surface area contributed by atoms with E-state index >= 15 is 0 Å². The van der Waals surface area contributed by atoms with Gasteiger partial charge in [-0.3, -0.25) is 43.8 Å². The third kappa shape index (κ3) is 11.1. The molecular weight excluding hydrogens is 944 g/mol. The van der Waals surface area contributed by atoms with Crippen molar-refractivity contribution in [2.75, 3.05) is 14.2 Å². The Morgan fingerprint density at radius 1 is 0.575 bits per heavy atom. The number of carbonyl (C=O) groups is 3. The van der Waals surface area contributed by atoms with E-state index in [2.05, 4.69) is 45.0 Å². The molecule has 0 radical (unpaired) electrons. The summed E-state index contributed by atoms with van der Waals surface area (Å²) in [7, 11) is 2.64. The summed E-state index contributed by atoms with van der Waals surface area (Å²) in [5, 5.41) is 23.5. The third-order valence-electron chi connectivity index (χ3n) is 11.2. The lowest BCUT2D eigenvalue weighted by atomic mass is 10.1. The summed E-state index contributed by atoms with van der Waals surface area (Å²) < 4.78 is 55.2. The normalized spacial score (nSPS) is 11.2. The average molecular weight is 984 g/mol. The van der Waals surface area contributed by atoms with Crippen molar-refractivity contribution in [2.45, 2.75) is 26.2 Å². The highest BCUT2D eigenvalue weighted by Gasteiger charge is 2.23. The monoisotopic (exact) mass is 983 g/mol. The van der Waals surface area contributed by atoms with Crippen molar-refractivity contribution in [3.8, 4) is 6.07 Å². The Hall–Kier alpha value is -9.97. The molecule has 0 unspecified atom stereocenters. The first-order valence-electron chi connectivity index (χ1n) is 22.0. The number of nitrogens with zero attached hydrogens (tertiary/aromatic N) is 12. The zero-order chi connectivity index (χ0) is 51.4. The summed E-state index contributed by atoms with van der Waals surface area (Å²) >= 11 is 0. The average Bonchev–Trinajstić information content (AvgIpc) is 4.21. The molecule has 1 aliphatic rings. The summed E-state index contributed by atoms with van der Waals surface area (Å²) in [5.74, 6) is -2.47. The van der Waals surface area contributed by atoms with Gasteiger partial charge in [0.2, 0.25) is 0 Å². The van der Waals surface area contributed by atoms with Crippen LogP contribution < -0.4 is 5.73 Å². The third-order valence-corrected chi connectivity index (χ3v) is 11.2. The minimum absolute atomic E-state index is 0.143. The fourth-order valence-electron chi connectivity index (χ4n) is 7.60. The Balaban J connectivity index is 0.000000132. The number of hydrogen-bond acceptors (Lipinski definition) is 14. The Bertz CT molecular complexity index is 3730. The van der Waals surface area contributed by atoms with Crippen LogP contribution in [-0.4, -0.2) is 87.1 Å². The summed E-state index contributed by atoms with van der Waals surface area (Å²) in [4.78, 5) is 54.3. The van der Waals surface area contributed by atoms with Crippen LogP contribution in [0.2, 0.25) is 0 Å². The highest BCUT2D eigenvalue weighted by Crippen LogP contribution is 2.23. The van der Waals surface area contributed by atoms with E-state index in [0.29, 0.717) is 61.8 Å². The topological polar surface area (TPSA) is 237 Å². The van der Waals surface area contributed by atoms with Gasteiger partial charge in [-0.05, 0) is 48.0 Å². The standard InChI is InChI=1S/C15H12FN3O2.C14H11FN4O.C14H9FN4.C9H8N2O2/c1-21-15(20)14-11-8-17-7-6-13(11)19(18-14)9-10-4-2-3-5-12(10)16;15-11-4-2-1-3-9(11)8-19-12-5-6-17-7-10(12)13(18-19)14(16)20;15-12-4-2-1-3-10(12)9-19-14-5-6-17-8-11(14)13(7-16)18-19;1-13-9(12)8-7-5-10-3-2-6(7)4-11-8/h2-8H,9H2,1H3;1-7H,8H2,(H2,16,20);1-6,8H,9H2;2-3,5H,4H2,1H3. The zero-order valence-corrected chi connectivity index (χ0v) is 38.8. The van der Waals surface area contributed by atoms with Crippen molar-refractivity contribution in [1.82, 2.24) is 49.3 Å². The smallest absolute Gasteiger partial charge is 0.359 e. The van der Waals surface area contributed by atoms with Crippen LogP contribution in [-0.2, 0) is 40.4 Å². The van der Waals surface area contributed by atoms with E-state index in [4.69, 9.17) is 15.7 Å². The van der Waals surface area contributed by atoms with Crippen molar-refractivity contribution in [2.24, 2.45) is 10.7 Å². The molecule has 0 spiro atoms. The molecular formula is C52H40F3N13O5. The van der Waals surface area contributed by atoms with E-state index in [-0.39, 0.29) is 48.5 Å². The van der Waals surface area contributed by atoms with Gasteiger partial charge in [-0.15, -0.1) is 0 Å². The number of primary amides is 1. The molecule has 0 saturated carbocycles. The van der Waals surface area contributed by atoms with Gasteiger partial charge < -0.3 is 15.2 Å². The van der Waals surface area contributed by atoms with Gasteiger partial charge in [0.05, 0.1) is 73.1 Å². The van der Waals surface area contributed by atoms with Gasteiger partial charge in [-0.2, -0.15) is 20.6 Å². The Kier molecular flexibility index (Phi) is 15.3. The van der Waals surface area contributed by atoms with Crippen LogP contribution in [0.15, 0.2) is 152 Å². The second-order valence-electron chi connectivity index (χ2n) is 15.6.